The third-order valence-corrected chi connectivity index (χ3v) is 3.66. The fraction of sp³-hybridized carbons (Fsp3) is 0.278. The summed E-state index contributed by atoms with van der Waals surface area (Å²) in [6, 6.07) is 17.2. The van der Waals surface area contributed by atoms with Gasteiger partial charge in [0.1, 0.15) is 23.9 Å². The summed E-state index contributed by atoms with van der Waals surface area (Å²) >= 11 is 0. The van der Waals surface area contributed by atoms with Crippen LogP contribution in [0.25, 0.3) is 0 Å². The lowest BCUT2D eigenvalue weighted by Crippen LogP contribution is -2.28. The summed E-state index contributed by atoms with van der Waals surface area (Å²) in [5.74, 6) is 2.31. The molecule has 1 N–H and O–H groups in total. The number of rotatable bonds is 5. The summed E-state index contributed by atoms with van der Waals surface area (Å²) in [7, 11) is 0. The zero-order valence-corrected chi connectivity index (χ0v) is 12.3. The van der Waals surface area contributed by atoms with Crippen molar-refractivity contribution in [3.8, 4) is 23.3 Å². The SMILES string of the molecule is N#Cc1ccc(Oc2ccc(OC[C@H]3CCCN3)cc2)cc1. The Hall–Kier alpha value is -2.51. The van der Waals surface area contributed by atoms with E-state index in [1.54, 1.807) is 24.3 Å². The van der Waals surface area contributed by atoms with Crippen LogP contribution in [0.15, 0.2) is 48.5 Å². The van der Waals surface area contributed by atoms with E-state index in [9.17, 15) is 0 Å². The van der Waals surface area contributed by atoms with E-state index in [0.29, 0.717) is 24.0 Å². The molecule has 0 saturated carbocycles. The normalized spacial score (nSPS) is 17.0. The average molecular weight is 294 g/mol. The molecule has 1 heterocycles. The molecule has 0 amide bonds. The molecule has 4 heteroatoms. The number of nitrogens with zero attached hydrogens (tertiary/aromatic N) is 1. The molecule has 0 aromatic heterocycles. The van der Waals surface area contributed by atoms with E-state index in [1.165, 1.54) is 12.8 Å². The molecule has 3 rings (SSSR count). The fourth-order valence-electron chi connectivity index (χ4n) is 2.43. The van der Waals surface area contributed by atoms with Crippen molar-refractivity contribution in [2.75, 3.05) is 13.2 Å². The lowest BCUT2D eigenvalue weighted by atomic mass is 10.2. The van der Waals surface area contributed by atoms with Crippen LogP contribution in [0.2, 0.25) is 0 Å². The monoisotopic (exact) mass is 294 g/mol. The quantitative estimate of drug-likeness (QED) is 0.917. The minimum absolute atomic E-state index is 0.467. The van der Waals surface area contributed by atoms with E-state index in [2.05, 4.69) is 11.4 Å². The van der Waals surface area contributed by atoms with Gasteiger partial charge >= 0.3 is 0 Å². The Balaban J connectivity index is 1.55. The van der Waals surface area contributed by atoms with Gasteiger partial charge in [0.2, 0.25) is 0 Å². The molecule has 22 heavy (non-hydrogen) atoms. The molecular formula is C18H18N2O2. The van der Waals surface area contributed by atoms with Crippen molar-refractivity contribution in [1.82, 2.24) is 5.32 Å². The van der Waals surface area contributed by atoms with Crippen LogP contribution in [0, 0.1) is 11.3 Å². The van der Waals surface area contributed by atoms with Gasteiger partial charge in [-0.1, -0.05) is 0 Å². The first-order valence-corrected chi connectivity index (χ1v) is 7.48. The topological polar surface area (TPSA) is 54.3 Å². The van der Waals surface area contributed by atoms with Gasteiger partial charge in [-0.25, -0.2) is 0 Å². The van der Waals surface area contributed by atoms with Crippen molar-refractivity contribution >= 4 is 0 Å². The number of hydrogen-bond donors (Lipinski definition) is 1. The van der Waals surface area contributed by atoms with Gasteiger partial charge in [0.15, 0.2) is 0 Å². The highest BCUT2D eigenvalue weighted by Gasteiger charge is 2.14. The van der Waals surface area contributed by atoms with Crippen LogP contribution in [0.4, 0.5) is 0 Å². The largest absolute Gasteiger partial charge is 0.492 e. The molecule has 1 fully saturated rings. The van der Waals surface area contributed by atoms with Gasteiger partial charge in [-0.2, -0.15) is 5.26 Å². The predicted octanol–water partition coefficient (Wildman–Crippen LogP) is 3.48. The van der Waals surface area contributed by atoms with E-state index < -0.39 is 0 Å². The van der Waals surface area contributed by atoms with Gasteiger partial charge in [-0.05, 0) is 67.9 Å². The van der Waals surface area contributed by atoms with Crippen LogP contribution < -0.4 is 14.8 Å². The Kier molecular flexibility index (Phi) is 4.57. The number of hydrogen-bond acceptors (Lipinski definition) is 4. The first kappa shape index (κ1) is 14.4. The molecule has 0 unspecified atom stereocenters. The minimum Gasteiger partial charge on any atom is -0.492 e. The van der Waals surface area contributed by atoms with Gasteiger partial charge in [-0.15, -0.1) is 0 Å². The second-order valence-electron chi connectivity index (χ2n) is 5.31. The van der Waals surface area contributed by atoms with Crippen LogP contribution in [-0.2, 0) is 0 Å². The standard InChI is InChI=1S/C18H18N2O2/c19-12-14-3-5-17(6-4-14)22-18-9-7-16(8-10-18)21-13-15-2-1-11-20-15/h3-10,15,20H,1-2,11,13H2/t15-/m1/s1. The van der Waals surface area contributed by atoms with E-state index >= 15 is 0 Å². The maximum atomic E-state index is 8.77. The third kappa shape index (κ3) is 3.78. The summed E-state index contributed by atoms with van der Waals surface area (Å²) in [6.07, 6.45) is 2.41. The molecule has 1 aliphatic heterocycles. The molecule has 0 bridgehead atoms. The molecule has 1 saturated heterocycles. The van der Waals surface area contributed by atoms with E-state index in [4.69, 9.17) is 14.7 Å². The van der Waals surface area contributed by atoms with Crippen molar-refractivity contribution < 1.29 is 9.47 Å². The zero-order chi connectivity index (χ0) is 15.2. The van der Waals surface area contributed by atoms with Crippen LogP contribution in [0.3, 0.4) is 0 Å². The van der Waals surface area contributed by atoms with Crippen LogP contribution in [-0.4, -0.2) is 19.2 Å². The molecule has 112 valence electrons. The van der Waals surface area contributed by atoms with E-state index in [-0.39, 0.29) is 0 Å². The number of nitrogens with one attached hydrogen (secondary N) is 1. The highest BCUT2D eigenvalue weighted by molar-refractivity contribution is 5.38. The Morgan fingerprint density at radius 1 is 1.00 bits per heavy atom. The Morgan fingerprint density at radius 2 is 1.64 bits per heavy atom. The van der Waals surface area contributed by atoms with Gasteiger partial charge in [0.25, 0.3) is 0 Å². The van der Waals surface area contributed by atoms with Gasteiger partial charge in [0, 0.05) is 6.04 Å². The predicted molar refractivity (Wildman–Crippen MR) is 84.2 cm³/mol. The molecule has 0 radical (unpaired) electrons. The lowest BCUT2D eigenvalue weighted by Gasteiger charge is -2.12. The van der Waals surface area contributed by atoms with Crippen LogP contribution >= 0.6 is 0 Å². The van der Waals surface area contributed by atoms with Crippen molar-refractivity contribution in [2.45, 2.75) is 18.9 Å². The van der Waals surface area contributed by atoms with Crippen LogP contribution in [0.1, 0.15) is 18.4 Å². The minimum atomic E-state index is 0.467. The molecule has 0 spiro atoms. The third-order valence-electron chi connectivity index (χ3n) is 3.66. The summed E-state index contributed by atoms with van der Waals surface area (Å²) in [6.45, 7) is 1.79. The molecule has 2 aromatic rings. The second-order valence-corrected chi connectivity index (χ2v) is 5.31. The van der Waals surface area contributed by atoms with Gasteiger partial charge < -0.3 is 14.8 Å². The molecule has 0 aliphatic carbocycles. The maximum absolute atomic E-state index is 8.77. The molecule has 1 aliphatic rings. The van der Waals surface area contributed by atoms with Crippen molar-refractivity contribution in [3.05, 3.63) is 54.1 Å². The molecular weight excluding hydrogens is 276 g/mol. The fourth-order valence-corrected chi connectivity index (χ4v) is 2.43. The van der Waals surface area contributed by atoms with E-state index in [1.807, 2.05) is 24.3 Å². The zero-order valence-electron chi connectivity index (χ0n) is 12.3. The van der Waals surface area contributed by atoms with Gasteiger partial charge in [0.05, 0.1) is 11.6 Å². The molecule has 2 aromatic carbocycles. The number of benzene rings is 2. The summed E-state index contributed by atoms with van der Waals surface area (Å²) < 4.78 is 11.5. The Bertz CT molecular complexity index is 638. The Labute approximate surface area is 130 Å². The lowest BCUT2D eigenvalue weighted by molar-refractivity contribution is 0.277. The Morgan fingerprint density at radius 3 is 2.23 bits per heavy atom. The maximum Gasteiger partial charge on any atom is 0.127 e. The average Bonchev–Trinajstić information content (AvgIpc) is 3.08. The highest BCUT2D eigenvalue weighted by atomic mass is 16.5. The summed E-state index contributed by atoms with van der Waals surface area (Å²) in [5.41, 5.74) is 0.622. The first-order chi connectivity index (χ1) is 10.8. The first-order valence-electron chi connectivity index (χ1n) is 7.48. The smallest absolute Gasteiger partial charge is 0.127 e. The molecule has 4 nitrogen and oxygen atoms in total. The van der Waals surface area contributed by atoms with Crippen molar-refractivity contribution in [2.24, 2.45) is 0 Å². The van der Waals surface area contributed by atoms with Crippen molar-refractivity contribution in [1.29, 1.82) is 5.26 Å². The number of ether oxygens (including phenoxy) is 2. The van der Waals surface area contributed by atoms with Crippen molar-refractivity contribution in [3.63, 3.8) is 0 Å². The second kappa shape index (κ2) is 6.97. The van der Waals surface area contributed by atoms with E-state index in [0.717, 1.165) is 18.0 Å². The number of nitriles is 1. The molecule has 1 atom stereocenters. The highest BCUT2D eigenvalue weighted by Crippen LogP contribution is 2.24. The van der Waals surface area contributed by atoms with Crippen LogP contribution in [0.5, 0.6) is 17.2 Å². The van der Waals surface area contributed by atoms with Gasteiger partial charge in [-0.3, -0.25) is 0 Å². The summed E-state index contributed by atoms with van der Waals surface area (Å²) in [4.78, 5) is 0. The summed E-state index contributed by atoms with van der Waals surface area (Å²) in [5, 5.41) is 12.2.